The standard InChI is InChI=1S/C19H20N4O3.C13H14BrN3O2.C6H7NO.CH4/c1-13-10-16(20-14-2-4-15(24)5-3-14)19-21-17(11-18(25)23(19)12-13)22-6-8-26-9-7-22;1-9-6-10(14)13-15-11(7-12(18)17(13)8-9)16-2-4-19-5-3-16;7-5-1-3-6(8)4-2-5;/h2-5,10-12,20,24H,6-9H2,1H3;6-8H,2-5H2,1H3;1-4,8H,7H2;1H4. The number of rotatable bonds is 4. The largest absolute Gasteiger partial charge is 0.508 e. The molecule has 2 aromatic carbocycles. The zero-order valence-corrected chi connectivity index (χ0v) is 31.0. The maximum atomic E-state index is 12.6. The molecule has 6 aromatic rings. The maximum absolute atomic E-state index is 12.6. The lowest BCUT2D eigenvalue weighted by Crippen LogP contribution is -2.37. The van der Waals surface area contributed by atoms with Gasteiger partial charge in [-0.2, -0.15) is 0 Å². The second kappa shape index (κ2) is 17.9. The molecule has 0 amide bonds. The summed E-state index contributed by atoms with van der Waals surface area (Å²) in [5.41, 5.74) is 10.5. The van der Waals surface area contributed by atoms with Gasteiger partial charge in [-0.05, 0) is 102 Å². The van der Waals surface area contributed by atoms with E-state index in [1.807, 2.05) is 26.0 Å². The van der Waals surface area contributed by atoms with Crippen LogP contribution in [0.4, 0.5) is 28.7 Å². The topological polar surface area (TPSA) is 172 Å². The molecule has 0 unspecified atom stereocenters. The van der Waals surface area contributed by atoms with Crippen LogP contribution in [-0.4, -0.2) is 81.6 Å². The van der Waals surface area contributed by atoms with Gasteiger partial charge in [-0.15, -0.1) is 0 Å². The Balaban J connectivity index is 0.000000175. The number of phenols is 2. The minimum absolute atomic E-state index is 0. The third-order valence-corrected chi connectivity index (χ3v) is 9.02. The molecule has 5 N–H and O–H groups in total. The molecule has 0 saturated carbocycles. The van der Waals surface area contributed by atoms with E-state index in [-0.39, 0.29) is 30.0 Å². The van der Waals surface area contributed by atoms with Crippen LogP contribution in [0, 0.1) is 13.8 Å². The number of ether oxygens (including phenoxy) is 2. The van der Waals surface area contributed by atoms with Crippen LogP contribution in [-0.2, 0) is 9.47 Å². The average Bonchev–Trinajstić information content (AvgIpc) is 3.16. The number of fused-ring (bicyclic) bond motifs is 2. The van der Waals surface area contributed by atoms with E-state index in [9.17, 15) is 14.7 Å². The number of hydrogen-bond donors (Lipinski definition) is 4. The Kier molecular flexibility index (Phi) is 13.1. The van der Waals surface area contributed by atoms with Crippen molar-refractivity contribution in [2.24, 2.45) is 0 Å². The van der Waals surface area contributed by atoms with Gasteiger partial charge in [-0.25, -0.2) is 9.97 Å². The Labute approximate surface area is 321 Å². The SMILES string of the molecule is C.Cc1cc(Br)c2nc(N3CCOCC3)cc(=O)n2c1.Cc1cc(Nc2ccc(O)cc2)c2nc(N3CCOCC3)cc(=O)n2c1.Nc1ccc(O)cc1. The number of nitrogens with two attached hydrogens (primary N) is 1. The molecular formula is C39H45BrN8O6. The Morgan fingerprint density at radius 1 is 0.685 bits per heavy atom. The predicted octanol–water partition coefficient (Wildman–Crippen LogP) is 5.50. The van der Waals surface area contributed by atoms with Gasteiger partial charge in [0.25, 0.3) is 11.1 Å². The Morgan fingerprint density at radius 3 is 1.63 bits per heavy atom. The van der Waals surface area contributed by atoms with E-state index in [0.29, 0.717) is 49.2 Å². The molecule has 2 saturated heterocycles. The van der Waals surface area contributed by atoms with Crippen LogP contribution in [0.1, 0.15) is 18.6 Å². The van der Waals surface area contributed by atoms with Crippen LogP contribution in [0.15, 0.2) is 99.3 Å². The monoisotopic (exact) mass is 800 g/mol. The molecule has 0 atom stereocenters. The number of nitrogens with one attached hydrogen (secondary N) is 1. The van der Waals surface area contributed by atoms with E-state index in [4.69, 9.17) is 25.3 Å². The quantitative estimate of drug-likeness (QED) is 0.131. The molecule has 2 aliphatic rings. The molecule has 8 rings (SSSR count). The first-order valence-electron chi connectivity index (χ1n) is 17.0. The highest BCUT2D eigenvalue weighted by Gasteiger charge is 2.17. The van der Waals surface area contributed by atoms with Gasteiger partial charge in [0.1, 0.15) is 23.1 Å². The number of pyridine rings is 2. The summed E-state index contributed by atoms with van der Waals surface area (Å²) in [5.74, 6) is 1.83. The van der Waals surface area contributed by atoms with Gasteiger partial charge >= 0.3 is 0 Å². The van der Waals surface area contributed by atoms with Gasteiger partial charge < -0.3 is 40.5 Å². The first-order valence-corrected chi connectivity index (χ1v) is 17.8. The van der Waals surface area contributed by atoms with E-state index in [0.717, 1.165) is 59.0 Å². The number of phenolic OH excluding ortho intramolecular Hbond substituents is 2. The number of aromatic nitrogens is 4. The second-order valence-corrected chi connectivity index (χ2v) is 13.4. The smallest absolute Gasteiger partial charge is 0.260 e. The summed E-state index contributed by atoms with van der Waals surface area (Å²) in [6.07, 6.45) is 3.59. The summed E-state index contributed by atoms with van der Waals surface area (Å²) in [6.45, 7) is 9.48. The highest BCUT2D eigenvalue weighted by molar-refractivity contribution is 9.10. The summed E-state index contributed by atoms with van der Waals surface area (Å²) in [5, 5.41) is 21.5. The first kappa shape index (κ1) is 39.6. The predicted molar refractivity (Wildman–Crippen MR) is 217 cm³/mol. The lowest BCUT2D eigenvalue weighted by Gasteiger charge is -2.28. The van der Waals surface area contributed by atoms with Crippen LogP contribution in [0.3, 0.4) is 0 Å². The zero-order chi connectivity index (χ0) is 37.5. The molecular weight excluding hydrogens is 756 g/mol. The van der Waals surface area contributed by atoms with Crippen molar-refractivity contribution in [3.8, 4) is 11.5 Å². The fourth-order valence-corrected chi connectivity index (χ4v) is 6.42. The molecule has 284 valence electrons. The van der Waals surface area contributed by atoms with Crippen molar-refractivity contribution in [2.45, 2.75) is 21.3 Å². The number of halogens is 1. The van der Waals surface area contributed by atoms with Crippen molar-refractivity contribution in [1.82, 2.24) is 18.8 Å². The Morgan fingerprint density at radius 2 is 1.13 bits per heavy atom. The molecule has 0 radical (unpaired) electrons. The van der Waals surface area contributed by atoms with Crippen LogP contribution in [0.5, 0.6) is 11.5 Å². The highest BCUT2D eigenvalue weighted by atomic mass is 79.9. The maximum Gasteiger partial charge on any atom is 0.260 e. The average molecular weight is 802 g/mol. The van der Waals surface area contributed by atoms with Gasteiger partial charge in [0.2, 0.25) is 0 Å². The molecule has 4 aromatic heterocycles. The molecule has 14 nitrogen and oxygen atoms in total. The van der Waals surface area contributed by atoms with E-state index in [2.05, 4.69) is 36.0 Å². The number of aryl methyl sites for hydroxylation is 2. The van der Waals surface area contributed by atoms with Crippen molar-refractivity contribution in [2.75, 3.05) is 73.5 Å². The molecule has 2 fully saturated rings. The molecule has 15 heteroatoms. The number of anilines is 5. The fraction of sp³-hybridized carbons (Fsp3) is 0.282. The number of hydrogen-bond acceptors (Lipinski definition) is 12. The molecule has 6 heterocycles. The van der Waals surface area contributed by atoms with Crippen molar-refractivity contribution >= 4 is 55.9 Å². The summed E-state index contributed by atoms with van der Waals surface area (Å²) in [4.78, 5) is 38.3. The summed E-state index contributed by atoms with van der Waals surface area (Å²) >= 11 is 3.47. The molecule has 54 heavy (non-hydrogen) atoms. The van der Waals surface area contributed by atoms with Crippen molar-refractivity contribution < 1.29 is 19.7 Å². The van der Waals surface area contributed by atoms with Crippen molar-refractivity contribution in [3.05, 3.63) is 121 Å². The Bertz CT molecular complexity index is 2280. The fourth-order valence-electron chi connectivity index (χ4n) is 5.78. The van der Waals surface area contributed by atoms with Crippen molar-refractivity contribution in [1.29, 1.82) is 0 Å². The van der Waals surface area contributed by atoms with Crippen LogP contribution < -0.4 is 32.0 Å². The lowest BCUT2D eigenvalue weighted by atomic mass is 10.2. The summed E-state index contributed by atoms with van der Waals surface area (Å²) in [7, 11) is 0. The van der Waals surface area contributed by atoms with Crippen LogP contribution in [0.25, 0.3) is 11.3 Å². The van der Waals surface area contributed by atoms with Gasteiger partial charge in [0.15, 0.2) is 11.3 Å². The minimum atomic E-state index is -0.117. The van der Waals surface area contributed by atoms with E-state index >= 15 is 0 Å². The molecule has 0 spiro atoms. The van der Waals surface area contributed by atoms with E-state index in [1.54, 1.807) is 81.9 Å². The number of nitrogens with zero attached hydrogens (tertiary/aromatic N) is 6. The zero-order valence-electron chi connectivity index (χ0n) is 29.4. The third-order valence-electron chi connectivity index (χ3n) is 8.43. The van der Waals surface area contributed by atoms with Gasteiger partial charge in [-0.3, -0.25) is 18.4 Å². The molecule has 0 bridgehead atoms. The van der Waals surface area contributed by atoms with Gasteiger partial charge in [-0.1, -0.05) is 7.43 Å². The Hall–Kier alpha value is -5.64. The molecule has 0 aliphatic carbocycles. The number of nitrogen functional groups attached to an aromatic ring is 1. The van der Waals surface area contributed by atoms with Gasteiger partial charge in [0, 0.05) is 62.1 Å². The lowest BCUT2D eigenvalue weighted by molar-refractivity contribution is 0.122. The normalized spacial score (nSPS) is 14.0. The summed E-state index contributed by atoms with van der Waals surface area (Å²) in [6, 6.07) is 20.2. The van der Waals surface area contributed by atoms with Crippen molar-refractivity contribution in [3.63, 3.8) is 0 Å². The number of benzene rings is 2. The summed E-state index contributed by atoms with van der Waals surface area (Å²) < 4.78 is 14.7. The van der Waals surface area contributed by atoms with E-state index in [1.165, 1.54) is 0 Å². The van der Waals surface area contributed by atoms with Gasteiger partial charge in [0.05, 0.1) is 36.6 Å². The van der Waals surface area contributed by atoms with Crippen LogP contribution >= 0.6 is 15.9 Å². The molecule has 2 aliphatic heterocycles. The van der Waals surface area contributed by atoms with Crippen LogP contribution in [0.2, 0.25) is 0 Å². The third kappa shape index (κ3) is 9.86. The first-order chi connectivity index (χ1) is 25.5. The van der Waals surface area contributed by atoms with E-state index < -0.39 is 0 Å². The minimum Gasteiger partial charge on any atom is -0.508 e. The number of aromatic hydroxyl groups is 2. The number of morpholine rings is 2. The second-order valence-electron chi connectivity index (χ2n) is 12.6. The highest BCUT2D eigenvalue weighted by Crippen LogP contribution is 2.25.